The maximum atomic E-state index is 11.8. The predicted octanol–water partition coefficient (Wildman–Crippen LogP) is 4.59. The molecule has 0 bridgehead atoms. The zero-order valence-electron chi connectivity index (χ0n) is 12.1. The first-order chi connectivity index (χ1) is 9.70. The van der Waals surface area contributed by atoms with Crippen molar-refractivity contribution in [3.8, 4) is 0 Å². The zero-order chi connectivity index (χ0) is 14.4. The van der Waals surface area contributed by atoms with Crippen molar-refractivity contribution in [2.24, 2.45) is 0 Å². The zero-order valence-corrected chi connectivity index (χ0v) is 12.1. The highest BCUT2D eigenvalue weighted by atomic mass is 16.5. The molecule has 0 atom stereocenters. The Kier molecular flexibility index (Phi) is 4.94. The summed E-state index contributed by atoms with van der Waals surface area (Å²) in [5.74, 6) is -0.230. The summed E-state index contributed by atoms with van der Waals surface area (Å²) in [6, 6.07) is 14.4. The van der Waals surface area contributed by atoms with Crippen molar-refractivity contribution in [2.75, 3.05) is 6.61 Å². The van der Waals surface area contributed by atoms with Crippen molar-refractivity contribution in [1.29, 1.82) is 0 Å². The van der Waals surface area contributed by atoms with Crippen LogP contribution in [0.2, 0.25) is 0 Å². The van der Waals surface area contributed by atoms with Crippen LogP contribution in [-0.4, -0.2) is 12.6 Å². The predicted molar refractivity (Wildman–Crippen MR) is 83.5 cm³/mol. The molecular weight excluding hydrogens is 248 g/mol. The summed E-state index contributed by atoms with van der Waals surface area (Å²) in [6.07, 6.45) is 3.82. The Bertz CT molecular complexity index is 626. The Labute approximate surface area is 120 Å². The molecule has 0 fully saturated rings. The lowest BCUT2D eigenvalue weighted by atomic mass is 10.1. The van der Waals surface area contributed by atoms with Gasteiger partial charge in [0.1, 0.15) is 0 Å². The molecule has 0 aliphatic rings. The van der Waals surface area contributed by atoms with Gasteiger partial charge >= 0.3 is 5.97 Å². The number of benzene rings is 2. The third-order valence-electron chi connectivity index (χ3n) is 3.21. The third kappa shape index (κ3) is 3.70. The highest BCUT2D eigenvalue weighted by Gasteiger charge is 2.05. The van der Waals surface area contributed by atoms with Gasteiger partial charge in [0, 0.05) is 5.57 Å². The van der Waals surface area contributed by atoms with Crippen LogP contribution in [0.25, 0.3) is 16.8 Å². The van der Waals surface area contributed by atoms with Crippen molar-refractivity contribution in [2.45, 2.75) is 26.7 Å². The SMILES string of the molecule is CCCCOC(=O)/C(C)=C/c1ccc2ccccc2c1. The maximum absolute atomic E-state index is 11.8. The standard InChI is InChI=1S/C18H20O2/c1-3-4-11-20-18(19)14(2)12-15-9-10-16-7-5-6-8-17(16)13-15/h5-10,12-13H,3-4,11H2,1-2H3/b14-12+. The Morgan fingerprint density at radius 1 is 1.15 bits per heavy atom. The van der Waals surface area contributed by atoms with Crippen LogP contribution in [0.3, 0.4) is 0 Å². The van der Waals surface area contributed by atoms with Crippen molar-refractivity contribution in [3.63, 3.8) is 0 Å². The molecule has 0 aliphatic carbocycles. The van der Waals surface area contributed by atoms with E-state index in [2.05, 4.69) is 31.2 Å². The molecule has 0 spiro atoms. The first-order valence-corrected chi connectivity index (χ1v) is 7.05. The van der Waals surface area contributed by atoms with E-state index in [1.54, 1.807) is 6.92 Å². The number of unbranched alkanes of at least 4 members (excludes halogenated alkanes) is 1. The van der Waals surface area contributed by atoms with Gasteiger partial charge in [-0.3, -0.25) is 0 Å². The summed E-state index contributed by atoms with van der Waals surface area (Å²) in [5, 5.41) is 2.38. The summed E-state index contributed by atoms with van der Waals surface area (Å²) >= 11 is 0. The number of hydrogen-bond donors (Lipinski definition) is 0. The lowest BCUT2D eigenvalue weighted by Crippen LogP contribution is -2.06. The van der Waals surface area contributed by atoms with E-state index in [4.69, 9.17) is 4.74 Å². The van der Waals surface area contributed by atoms with Crippen LogP contribution in [0.5, 0.6) is 0 Å². The fourth-order valence-corrected chi connectivity index (χ4v) is 2.03. The fourth-order valence-electron chi connectivity index (χ4n) is 2.03. The van der Waals surface area contributed by atoms with Crippen LogP contribution >= 0.6 is 0 Å². The quantitative estimate of drug-likeness (QED) is 0.450. The second kappa shape index (κ2) is 6.90. The van der Waals surface area contributed by atoms with Crippen LogP contribution in [0.4, 0.5) is 0 Å². The Morgan fingerprint density at radius 2 is 1.90 bits per heavy atom. The number of carbonyl (C=O) groups is 1. The van der Waals surface area contributed by atoms with Crippen LogP contribution in [0.15, 0.2) is 48.0 Å². The summed E-state index contributed by atoms with van der Waals surface area (Å²) in [4.78, 5) is 11.8. The van der Waals surface area contributed by atoms with E-state index in [1.165, 1.54) is 10.8 Å². The molecule has 0 amide bonds. The number of ether oxygens (including phenoxy) is 1. The minimum atomic E-state index is -0.230. The van der Waals surface area contributed by atoms with Gasteiger partial charge in [0.2, 0.25) is 0 Å². The molecule has 2 aromatic rings. The van der Waals surface area contributed by atoms with Crippen molar-refractivity contribution in [3.05, 3.63) is 53.6 Å². The molecule has 20 heavy (non-hydrogen) atoms. The van der Waals surface area contributed by atoms with E-state index < -0.39 is 0 Å². The maximum Gasteiger partial charge on any atom is 0.333 e. The van der Waals surface area contributed by atoms with Gasteiger partial charge in [-0.05, 0) is 41.8 Å². The molecule has 104 valence electrons. The molecule has 0 saturated carbocycles. The Balaban J connectivity index is 2.12. The van der Waals surface area contributed by atoms with Crippen LogP contribution in [0, 0.1) is 0 Å². The molecule has 0 N–H and O–H groups in total. The van der Waals surface area contributed by atoms with E-state index in [0.29, 0.717) is 12.2 Å². The van der Waals surface area contributed by atoms with E-state index in [0.717, 1.165) is 18.4 Å². The molecule has 0 aliphatic heterocycles. The van der Waals surface area contributed by atoms with E-state index in [-0.39, 0.29) is 5.97 Å². The number of rotatable bonds is 5. The van der Waals surface area contributed by atoms with E-state index in [9.17, 15) is 4.79 Å². The molecule has 0 radical (unpaired) electrons. The molecule has 0 saturated heterocycles. The first-order valence-electron chi connectivity index (χ1n) is 7.05. The first kappa shape index (κ1) is 14.3. The average Bonchev–Trinajstić information content (AvgIpc) is 2.47. The number of carbonyl (C=O) groups excluding carboxylic acids is 1. The molecular formula is C18H20O2. The second-order valence-electron chi connectivity index (χ2n) is 4.92. The molecule has 2 aromatic carbocycles. The summed E-state index contributed by atoms with van der Waals surface area (Å²) < 4.78 is 5.20. The lowest BCUT2D eigenvalue weighted by Gasteiger charge is -2.04. The second-order valence-corrected chi connectivity index (χ2v) is 4.92. The molecule has 2 heteroatoms. The number of esters is 1. The summed E-state index contributed by atoms with van der Waals surface area (Å²) in [6.45, 7) is 4.37. The Morgan fingerprint density at radius 3 is 2.65 bits per heavy atom. The van der Waals surface area contributed by atoms with Gasteiger partial charge in [0.05, 0.1) is 6.61 Å². The number of hydrogen-bond acceptors (Lipinski definition) is 2. The van der Waals surface area contributed by atoms with Crippen LogP contribution in [0.1, 0.15) is 32.3 Å². The normalized spacial score (nSPS) is 11.6. The van der Waals surface area contributed by atoms with Gasteiger partial charge in [-0.15, -0.1) is 0 Å². The molecule has 0 aromatic heterocycles. The topological polar surface area (TPSA) is 26.3 Å². The molecule has 0 unspecified atom stereocenters. The van der Waals surface area contributed by atoms with E-state index in [1.807, 2.05) is 24.3 Å². The summed E-state index contributed by atoms with van der Waals surface area (Å²) in [5.41, 5.74) is 1.66. The number of fused-ring (bicyclic) bond motifs is 1. The minimum Gasteiger partial charge on any atom is -0.462 e. The van der Waals surface area contributed by atoms with Gasteiger partial charge in [0.25, 0.3) is 0 Å². The smallest absolute Gasteiger partial charge is 0.333 e. The van der Waals surface area contributed by atoms with Crippen LogP contribution < -0.4 is 0 Å². The Hall–Kier alpha value is -2.09. The highest BCUT2D eigenvalue weighted by molar-refractivity contribution is 5.94. The van der Waals surface area contributed by atoms with Gasteiger partial charge in [-0.2, -0.15) is 0 Å². The molecule has 2 rings (SSSR count). The highest BCUT2D eigenvalue weighted by Crippen LogP contribution is 2.17. The largest absolute Gasteiger partial charge is 0.462 e. The third-order valence-corrected chi connectivity index (χ3v) is 3.21. The van der Waals surface area contributed by atoms with Crippen molar-refractivity contribution < 1.29 is 9.53 Å². The van der Waals surface area contributed by atoms with Gasteiger partial charge in [0.15, 0.2) is 0 Å². The van der Waals surface area contributed by atoms with E-state index >= 15 is 0 Å². The lowest BCUT2D eigenvalue weighted by molar-refractivity contribution is -0.138. The fraction of sp³-hybridized carbons (Fsp3) is 0.278. The van der Waals surface area contributed by atoms with Crippen molar-refractivity contribution in [1.82, 2.24) is 0 Å². The van der Waals surface area contributed by atoms with Gasteiger partial charge < -0.3 is 4.74 Å². The molecule has 0 heterocycles. The monoisotopic (exact) mass is 268 g/mol. The average molecular weight is 268 g/mol. The minimum absolute atomic E-state index is 0.230. The van der Waals surface area contributed by atoms with Gasteiger partial charge in [-0.25, -0.2) is 4.79 Å². The van der Waals surface area contributed by atoms with Crippen LogP contribution in [-0.2, 0) is 9.53 Å². The summed E-state index contributed by atoms with van der Waals surface area (Å²) in [7, 11) is 0. The molecule has 2 nitrogen and oxygen atoms in total. The van der Waals surface area contributed by atoms with Gasteiger partial charge in [-0.1, -0.05) is 49.7 Å². The van der Waals surface area contributed by atoms with Crippen molar-refractivity contribution >= 4 is 22.8 Å².